The van der Waals surface area contributed by atoms with Crippen molar-refractivity contribution in [3.05, 3.63) is 88.8 Å². The van der Waals surface area contributed by atoms with Crippen molar-refractivity contribution in [2.45, 2.75) is 13.1 Å². The Morgan fingerprint density at radius 3 is 1.77 bits per heavy atom. The standard InChI is InChI=1S/C22H12F8/c1-11-2-3-14(17(23)8-11)15-5-4-13(20(26)21(15)27)12-9-18(24)16(19(25)10-12)6-7-22(28,29)30/h2-10H,1H3/b7-6+. The van der Waals surface area contributed by atoms with E-state index in [2.05, 4.69) is 0 Å². The molecule has 0 heterocycles. The van der Waals surface area contributed by atoms with Gasteiger partial charge in [-0.25, -0.2) is 22.0 Å². The summed E-state index contributed by atoms with van der Waals surface area (Å²) < 4.78 is 108. The lowest BCUT2D eigenvalue weighted by Crippen LogP contribution is -2.01. The SMILES string of the molecule is Cc1ccc(-c2ccc(-c3cc(F)c(/C=C/C(F)(F)F)c(F)c3)c(F)c2F)c(F)c1. The topological polar surface area (TPSA) is 0 Å². The van der Waals surface area contributed by atoms with Crippen LogP contribution in [0.1, 0.15) is 11.1 Å². The van der Waals surface area contributed by atoms with E-state index in [9.17, 15) is 35.1 Å². The summed E-state index contributed by atoms with van der Waals surface area (Å²) in [5.41, 5.74) is -1.96. The summed E-state index contributed by atoms with van der Waals surface area (Å²) >= 11 is 0. The van der Waals surface area contributed by atoms with E-state index in [1.807, 2.05) is 0 Å². The molecule has 8 heteroatoms. The molecule has 3 rings (SSSR count). The molecule has 0 aromatic heterocycles. The zero-order valence-corrected chi connectivity index (χ0v) is 15.2. The average molecular weight is 428 g/mol. The summed E-state index contributed by atoms with van der Waals surface area (Å²) in [6.07, 6.45) is -4.93. The van der Waals surface area contributed by atoms with Gasteiger partial charge in [-0.3, -0.25) is 0 Å². The van der Waals surface area contributed by atoms with Crippen molar-refractivity contribution >= 4 is 6.08 Å². The summed E-state index contributed by atoms with van der Waals surface area (Å²) in [5, 5.41) is 0. The van der Waals surface area contributed by atoms with Crippen LogP contribution in [0.3, 0.4) is 0 Å². The molecule has 0 N–H and O–H groups in total. The monoisotopic (exact) mass is 428 g/mol. The molecule has 0 radical (unpaired) electrons. The molecular formula is C22H12F8. The van der Waals surface area contributed by atoms with Gasteiger partial charge in [0.2, 0.25) is 0 Å². The van der Waals surface area contributed by atoms with Crippen molar-refractivity contribution in [2.24, 2.45) is 0 Å². The number of aryl methyl sites for hydroxylation is 1. The Bertz CT molecular complexity index is 1120. The molecule has 0 atom stereocenters. The smallest absolute Gasteiger partial charge is 0.206 e. The van der Waals surface area contributed by atoms with Crippen LogP contribution in [-0.4, -0.2) is 6.18 Å². The predicted molar refractivity (Wildman–Crippen MR) is 96.9 cm³/mol. The number of halogens is 8. The van der Waals surface area contributed by atoms with Gasteiger partial charge in [-0.2, -0.15) is 13.2 Å². The molecule has 0 amide bonds. The highest BCUT2D eigenvalue weighted by molar-refractivity contribution is 5.73. The summed E-state index contributed by atoms with van der Waals surface area (Å²) in [5.74, 6) is -6.47. The summed E-state index contributed by atoms with van der Waals surface area (Å²) in [7, 11) is 0. The highest BCUT2D eigenvalue weighted by Crippen LogP contribution is 2.34. The van der Waals surface area contributed by atoms with Crippen LogP contribution >= 0.6 is 0 Å². The van der Waals surface area contributed by atoms with Gasteiger partial charge in [-0.1, -0.05) is 24.3 Å². The van der Waals surface area contributed by atoms with Crippen LogP contribution in [0.25, 0.3) is 28.3 Å². The minimum Gasteiger partial charge on any atom is -0.206 e. The van der Waals surface area contributed by atoms with Crippen LogP contribution in [0, 0.1) is 36.0 Å². The first kappa shape index (κ1) is 21.5. The van der Waals surface area contributed by atoms with Crippen molar-refractivity contribution in [3.8, 4) is 22.3 Å². The quantitative estimate of drug-likeness (QED) is 0.377. The van der Waals surface area contributed by atoms with Crippen molar-refractivity contribution < 1.29 is 35.1 Å². The second-order valence-electron chi connectivity index (χ2n) is 6.50. The molecule has 0 bridgehead atoms. The molecule has 30 heavy (non-hydrogen) atoms. The zero-order chi connectivity index (χ0) is 22.2. The average Bonchev–Trinajstić information content (AvgIpc) is 2.63. The summed E-state index contributed by atoms with van der Waals surface area (Å²) in [6, 6.07) is 7.14. The second kappa shape index (κ2) is 7.93. The predicted octanol–water partition coefficient (Wildman–Crippen LogP) is 7.60. The molecule has 156 valence electrons. The molecule has 3 aromatic rings. The number of hydrogen-bond acceptors (Lipinski definition) is 0. The fourth-order valence-electron chi connectivity index (χ4n) is 2.90. The zero-order valence-electron chi connectivity index (χ0n) is 15.2. The van der Waals surface area contributed by atoms with E-state index in [0.717, 1.165) is 18.2 Å². The largest absolute Gasteiger partial charge is 0.409 e. The van der Waals surface area contributed by atoms with Gasteiger partial charge in [0, 0.05) is 28.3 Å². The minimum absolute atomic E-state index is 0.200. The van der Waals surface area contributed by atoms with Crippen LogP contribution in [0.2, 0.25) is 0 Å². The molecule has 0 aliphatic carbocycles. The van der Waals surface area contributed by atoms with Gasteiger partial charge in [0.15, 0.2) is 11.6 Å². The lowest BCUT2D eigenvalue weighted by molar-refractivity contribution is -0.0790. The van der Waals surface area contributed by atoms with Gasteiger partial charge in [-0.05, 0) is 42.3 Å². The third-order valence-corrected chi connectivity index (χ3v) is 4.33. The Kier molecular flexibility index (Phi) is 5.70. The van der Waals surface area contributed by atoms with Crippen molar-refractivity contribution in [3.63, 3.8) is 0 Å². The van der Waals surface area contributed by atoms with Crippen molar-refractivity contribution in [1.82, 2.24) is 0 Å². The number of benzene rings is 3. The Labute approximate surface area is 166 Å². The molecule has 0 nitrogen and oxygen atoms in total. The first-order valence-corrected chi connectivity index (χ1v) is 8.48. The lowest BCUT2D eigenvalue weighted by atomic mass is 9.97. The third-order valence-electron chi connectivity index (χ3n) is 4.33. The number of rotatable bonds is 3. The van der Waals surface area contributed by atoms with E-state index in [0.29, 0.717) is 17.7 Å². The van der Waals surface area contributed by atoms with Crippen LogP contribution in [-0.2, 0) is 0 Å². The Balaban J connectivity index is 2.07. The van der Waals surface area contributed by atoms with Gasteiger partial charge in [0.25, 0.3) is 0 Å². The molecule has 0 aliphatic heterocycles. The minimum atomic E-state index is -4.78. The van der Waals surface area contributed by atoms with Gasteiger partial charge >= 0.3 is 6.18 Å². The van der Waals surface area contributed by atoms with Gasteiger partial charge in [0.1, 0.15) is 17.5 Å². The van der Waals surface area contributed by atoms with E-state index in [1.54, 1.807) is 6.92 Å². The molecule has 0 fully saturated rings. The van der Waals surface area contributed by atoms with Crippen LogP contribution < -0.4 is 0 Å². The molecular weight excluding hydrogens is 416 g/mol. The maximum Gasteiger partial charge on any atom is 0.409 e. The highest BCUT2D eigenvalue weighted by Gasteiger charge is 2.24. The maximum atomic E-state index is 14.6. The van der Waals surface area contributed by atoms with Crippen molar-refractivity contribution in [2.75, 3.05) is 0 Å². The van der Waals surface area contributed by atoms with Crippen LogP contribution in [0.5, 0.6) is 0 Å². The van der Waals surface area contributed by atoms with Gasteiger partial charge in [-0.15, -0.1) is 0 Å². The Morgan fingerprint density at radius 2 is 1.20 bits per heavy atom. The molecule has 0 saturated carbocycles. The third kappa shape index (κ3) is 4.37. The summed E-state index contributed by atoms with van der Waals surface area (Å²) in [6.45, 7) is 1.61. The Hall–Kier alpha value is -3.16. The van der Waals surface area contributed by atoms with Crippen molar-refractivity contribution in [1.29, 1.82) is 0 Å². The van der Waals surface area contributed by atoms with E-state index in [-0.39, 0.29) is 23.3 Å². The van der Waals surface area contributed by atoms with E-state index >= 15 is 0 Å². The first-order chi connectivity index (χ1) is 14.0. The molecule has 0 aliphatic rings. The van der Waals surface area contributed by atoms with Gasteiger partial charge < -0.3 is 0 Å². The fourth-order valence-corrected chi connectivity index (χ4v) is 2.90. The molecule has 0 saturated heterocycles. The summed E-state index contributed by atoms with van der Waals surface area (Å²) in [4.78, 5) is 0. The second-order valence-corrected chi connectivity index (χ2v) is 6.50. The number of hydrogen-bond donors (Lipinski definition) is 0. The molecule has 0 unspecified atom stereocenters. The Morgan fingerprint density at radius 1 is 0.667 bits per heavy atom. The normalized spacial score (nSPS) is 12.0. The maximum absolute atomic E-state index is 14.6. The van der Waals surface area contributed by atoms with E-state index < -0.39 is 52.0 Å². The molecule has 0 spiro atoms. The van der Waals surface area contributed by atoms with E-state index in [1.165, 1.54) is 12.1 Å². The van der Waals surface area contributed by atoms with Crippen LogP contribution in [0.15, 0.2) is 48.5 Å². The van der Waals surface area contributed by atoms with E-state index in [4.69, 9.17) is 0 Å². The number of alkyl halides is 3. The molecule has 3 aromatic carbocycles. The van der Waals surface area contributed by atoms with Crippen LogP contribution in [0.4, 0.5) is 35.1 Å². The number of allylic oxidation sites excluding steroid dienone is 1. The fraction of sp³-hybridized carbons (Fsp3) is 0.0909. The lowest BCUT2D eigenvalue weighted by Gasteiger charge is -2.11. The highest BCUT2D eigenvalue weighted by atomic mass is 19.4. The first-order valence-electron chi connectivity index (χ1n) is 8.48. The van der Waals surface area contributed by atoms with Gasteiger partial charge in [0.05, 0.1) is 0 Å².